The molecule has 0 aromatic rings. The average Bonchev–Trinajstić information content (AvgIpc) is 3.12. The molecule has 0 radical (unpaired) electrons. The topological polar surface area (TPSA) is 102 Å². The molecule has 0 spiro atoms. The Bertz CT molecular complexity index is 1030. The monoisotopic (exact) mass is 760 g/mol. The second kappa shape index (κ2) is 37.2. The van der Waals surface area contributed by atoms with Gasteiger partial charge in [-0.2, -0.15) is 0 Å². The van der Waals surface area contributed by atoms with E-state index in [1.807, 2.05) is 0 Å². The number of carbonyl (C=O) groups is 3. The van der Waals surface area contributed by atoms with Gasteiger partial charge in [0, 0.05) is 19.3 Å². The Hall–Kier alpha value is -2.71. The fourth-order valence-corrected chi connectivity index (χ4v) is 6.12. The van der Waals surface area contributed by atoms with Gasteiger partial charge in [0.05, 0.1) is 40.3 Å². The van der Waals surface area contributed by atoms with Crippen molar-refractivity contribution in [2.75, 3.05) is 41.0 Å². The third-order valence-electron chi connectivity index (χ3n) is 9.48. The first kappa shape index (κ1) is 51.3. The minimum absolute atomic E-state index is 0.0395. The lowest BCUT2D eigenvalue weighted by Crippen LogP contribution is -2.55. The van der Waals surface area contributed by atoms with E-state index in [1.165, 1.54) is 77.0 Å². The van der Waals surface area contributed by atoms with E-state index in [2.05, 4.69) is 62.5 Å². The van der Waals surface area contributed by atoms with Crippen LogP contribution >= 0.6 is 0 Å². The molecule has 312 valence electrons. The number of carboxylic acids is 1. The highest BCUT2D eigenvalue weighted by Crippen LogP contribution is 2.14. The Balaban J connectivity index is 4.19. The molecule has 8 nitrogen and oxygen atoms in total. The molecule has 0 aromatic heterocycles. The number of hydrogen-bond acceptors (Lipinski definition) is 7. The molecule has 0 aliphatic heterocycles. The Morgan fingerprint density at radius 2 is 1.04 bits per heavy atom. The standard InChI is InChI=1S/C46H81NO7/c1-6-8-10-12-14-15-16-17-18-19-20-21-22-23-24-25-26-27-28-29-31-33-35-37-45(49)54-42(40-52-39-38-43(46(50)51)47(3,4)5)41-53-44(48)36-34-32-30-13-11-9-7-2/h8,10,14-15,17-18,20-21,42-43H,6-7,9,11-13,16,19,22-41H2,1-5H3/b10-8-,15-14-,18-17-,21-20-. The molecule has 0 aliphatic carbocycles. The molecule has 2 unspecified atom stereocenters. The summed E-state index contributed by atoms with van der Waals surface area (Å²) in [4.78, 5) is 36.6. The molecule has 0 rings (SSSR count). The van der Waals surface area contributed by atoms with Gasteiger partial charge in [0.25, 0.3) is 0 Å². The highest BCUT2D eigenvalue weighted by molar-refractivity contribution is 5.70. The van der Waals surface area contributed by atoms with Crippen molar-refractivity contribution < 1.29 is 38.2 Å². The first-order chi connectivity index (χ1) is 26.1. The van der Waals surface area contributed by atoms with Crippen molar-refractivity contribution in [2.45, 2.75) is 187 Å². The van der Waals surface area contributed by atoms with Gasteiger partial charge in [-0.15, -0.1) is 0 Å². The number of carbonyl (C=O) groups excluding carboxylic acids is 3. The van der Waals surface area contributed by atoms with Crippen LogP contribution in [-0.4, -0.2) is 75.5 Å². The minimum atomic E-state index is -1.13. The van der Waals surface area contributed by atoms with Crippen molar-refractivity contribution in [1.82, 2.24) is 0 Å². The van der Waals surface area contributed by atoms with E-state index < -0.39 is 18.1 Å². The van der Waals surface area contributed by atoms with Crippen LogP contribution < -0.4 is 5.11 Å². The molecule has 2 atom stereocenters. The number of allylic oxidation sites excluding steroid dienone is 8. The lowest BCUT2D eigenvalue weighted by atomic mass is 10.0. The molecule has 0 aliphatic rings. The van der Waals surface area contributed by atoms with Crippen molar-refractivity contribution in [3.8, 4) is 0 Å². The third kappa shape index (κ3) is 35.0. The first-order valence-electron chi connectivity index (χ1n) is 21.7. The van der Waals surface area contributed by atoms with Crippen LogP contribution in [0.1, 0.15) is 174 Å². The van der Waals surface area contributed by atoms with Crippen molar-refractivity contribution in [3.05, 3.63) is 48.6 Å². The number of hydrogen-bond donors (Lipinski definition) is 0. The normalized spacial score (nSPS) is 13.4. The van der Waals surface area contributed by atoms with Gasteiger partial charge < -0.3 is 28.6 Å². The van der Waals surface area contributed by atoms with Gasteiger partial charge in [-0.1, -0.05) is 152 Å². The lowest BCUT2D eigenvalue weighted by molar-refractivity contribution is -0.889. The summed E-state index contributed by atoms with van der Waals surface area (Å²) in [5.74, 6) is -1.75. The lowest BCUT2D eigenvalue weighted by Gasteiger charge is -2.34. The van der Waals surface area contributed by atoms with Gasteiger partial charge in [0.1, 0.15) is 12.6 Å². The maximum Gasteiger partial charge on any atom is 0.306 e. The summed E-state index contributed by atoms with van der Waals surface area (Å²) in [6.07, 6.45) is 43.0. The van der Waals surface area contributed by atoms with Crippen LogP contribution in [0, 0.1) is 0 Å². The molecular weight excluding hydrogens is 679 g/mol. The summed E-state index contributed by atoms with van der Waals surface area (Å²) in [7, 11) is 5.40. The summed E-state index contributed by atoms with van der Waals surface area (Å²) in [5, 5.41) is 11.6. The van der Waals surface area contributed by atoms with E-state index in [4.69, 9.17) is 14.2 Å². The number of rotatable bonds is 38. The molecule has 0 fully saturated rings. The average molecular weight is 760 g/mol. The molecule has 0 bridgehead atoms. The molecule has 0 amide bonds. The zero-order valence-corrected chi connectivity index (χ0v) is 35.4. The van der Waals surface area contributed by atoms with Crippen LogP contribution in [0.15, 0.2) is 48.6 Å². The van der Waals surface area contributed by atoms with E-state index >= 15 is 0 Å². The van der Waals surface area contributed by atoms with E-state index in [9.17, 15) is 19.5 Å². The van der Waals surface area contributed by atoms with Crippen molar-refractivity contribution in [2.24, 2.45) is 0 Å². The third-order valence-corrected chi connectivity index (χ3v) is 9.48. The van der Waals surface area contributed by atoms with Crippen LogP contribution in [-0.2, 0) is 28.6 Å². The Morgan fingerprint density at radius 1 is 0.574 bits per heavy atom. The second-order valence-corrected chi connectivity index (χ2v) is 15.6. The number of likely N-dealkylation sites (N-methyl/N-ethyl adjacent to an activating group) is 1. The molecule has 0 N–H and O–H groups in total. The van der Waals surface area contributed by atoms with Gasteiger partial charge in [0.15, 0.2) is 6.10 Å². The Labute approximate surface area is 331 Å². The van der Waals surface area contributed by atoms with E-state index in [-0.39, 0.29) is 42.7 Å². The molecule has 0 heterocycles. The molecular formula is C46H81NO7. The SMILES string of the molecule is CC/C=C\C/C=C\C/C=C\C/C=C\CCCCCCCCCCCCC(=O)OC(COCCC(C(=O)[O-])[N+](C)(C)C)COC(=O)CCCCCCCCC. The summed E-state index contributed by atoms with van der Waals surface area (Å²) in [5.41, 5.74) is 0. The van der Waals surface area contributed by atoms with Crippen LogP contribution in [0.5, 0.6) is 0 Å². The number of quaternary nitrogens is 1. The number of carboxylic acid groups (broad SMARTS) is 1. The molecule has 54 heavy (non-hydrogen) atoms. The number of ether oxygens (including phenoxy) is 3. The Morgan fingerprint density at radius 3 is 1.54 bits per heavy atom. The largest absolute Gasteiger partial charge is 0.544 e. The zero-order chi connectivity index (χ0) is 40.0. The molecule has 0 aromatic carbocycles. The number of unbranched alkanes of at least 4 members (excludes halogenated alkanes) is 16. The van der Waals surface area contributed by atoms with Crippen LogP contribution in [0.25, 0.3) is 0 Å². The van der Waals surface area contributed by atoms with Gasteiger partial charge in [-0.25, -0.2) is 0 Å². The minimum Gasteiger partial charge on any atom is -0.544 e. The van der Waals surface area contributed by atoms with E-state index in [0.29, 0.717) is 12.8 Å². The van der Waals surface area contributed by atoms with E-state index in [0.717, 1.165) is 64.2 Å². The predicted molar refractivity (Wildman–Crippen MR) is 222 cm³/mol. The Kier molecular flexibility index (Phi) is 35.4. The molecule has 0 saturated heterocycles. The summed E-state index contributed by atoms with van der Waals surface area (Å²) >= 11 is 0. The van der Waals surface area contributed by atoms with Gasteiger partial charge in [-0.05, 0) is 51.4 Å². The fourth-order valence-electron chi connectivity index (χ4n) is 6.12. The smallest absolute Gasteiger partial charge is 0.306 e. The highest BCUT2D eigenvalue weighted by Gasteiger charge is 2.25. The zero-order valence-electron chi connectivity index (χ0n) is 35.4. The van der Waals surface area contributed by atoms with E-state index in [1.54, 1.807) is 21.1 Å². The maximum atomic E-state index is 12.7. The predicted octanol–water partition coefficient (Wildman–Crippen LogP) is 10.3. The first-order valence-corrected chi connectivity index (χ1v) is 21.7. The molecule has 8 heteroatoms. The quantitative estimate of drug-likeness (QED) is 0.0267. The van der Waals surface area contributed by atoms with Crippen LogP contribution in [0.3, 0.4) is 0 Å². The summed E-state index contributed by atoms with van der Waals surface area (Å²) in [6.45, 7) is 4.50. The number of esters is 2. The summed E-state index contributed by atoms with van der Waals surface area (Å²) < 4.78 is 17.1. The van der Waals surface area contributed by atoms with Crippen molar-refractivity contribution in [3.63, 3.8) is 0 Å². The fraction of sp³-hybridized carbons (Fsp3) is 0.761. The van der Waals surface area contributed by atoms with Crippen LogP contribution in [0.4, 0.5) is 0 Å². The van der Waals surface area contributed by atoms with Crippen LogP contribution in [0.2, 0.25) is 0 Å². The number of nitrogens with zero attached hydrogens (tertiary/aromatic N) is 1. The summed E-state index contributed by atoms with van der Waals surface area (Å²) in [6, 6.07) is -0.724. The van der Waals surface area contributed by atoms with Gasteiger partial charge in [0.2, 0.25) is 0 Å². The van der Waals surface area contributed by atoms with Gasteiger partial charge >= 0.3 is 11.9 Å². The maximum absolute atomic E-state index is 12.7. The molecule has 0 saturated carbocycles. The van der Waals surface area contributed by atoms with Crippen molar-refractivity contribution >= 4 is 17.9 Å². The van der Waals surface area contributed by atoms with Crippen molar-refractivity contribution in [1.29, 1.82) is 0 Å². The highest BCUT2D eigenvalue weighted by atomic mass is 16.6. The number of aliphatic carboxylic acids is 1. The van der Waals surface area contributed by atoms with Gasteiger partial charge in [-0.3, -0.25) is 9.59 Å². The second-order valence-electron chi connectivity index (χ2n) is 15.6.